The molecule has 2 aromatic rings. The van der Waals surface area contributed by atoms with Gasteiger partial charge in [-0.1, -0.05) is 11.6 Å². The van der Waals surface area contributed by atoms with E-state index in [9.17, 15) is 9.59 Å². The summed E-state index contributed by atoms with van der Waals surface area (Å²) in [4.78, 5) is 28.1. The van der Waals surface area contributed by atoms with Gasteiger partial charge in [-0.25, -0.2) is 0 Å². The number of rotatable bonds is 5. The lowest BCUT2D eigenvalue weighted by Gasteiger charge is -2.14. The molecule has 0 radical (unpaired) electrons. The summed E-state index contributed by atoms with van der Waals surface area (Å²) in [7, 11) is 0. The quantitative estimate of drug-likeness (QED) is 0.889. The minimum Gasteiger partial charge on any atom is -0.481 e. The molecule has 1 aliphatic carbocycles. The normalized spacial score (nSPS) is 15.4. The van der Waals surface area contributed by atoms with Crippen LogP contribution in [0, 0.1) is 6.92 Å². The van der Waals surface area contributed by atoms with Crippen molar-refractivity contribution in [3.05, 3.63) is 41.1 Å². The van der Waals surface area contributed by atoms with Gasteiger partial charge in [0, 0.05) is 23.0 Å². The van der Waals surface area contributed by atoms with Crippen molar-refractivity contribution >= 4 is 22.8 Å². The molecule has 0 spiro atoms. The molecule has 3 rings (SSSR count). The van der Waals surface area contributed by atoms with E-state index in [0.717, 1.165) is 35.0 Å². The summed E-state index contributed by atoms with van der Waals surface area (Å²) >= 11 is 0. The van der Waals surface area contributed by atoms with Crippen molar-refractivity contribution in [2.45, 2.75) is 45.1 Å². The first-order valence-electron chi connectivity index (χ1n) is 7.88. The summed E-state index contributed by atoms with van der Waals surface area (Å²) < 4.78 is 0. The number of hydrogen-bond acceptors (Lipinski definition) is 3. The highest BCUT2D eigenvalue weighted by Gasteiger charge is 2.27. The number of aryl methyl sites for hydroxylation is 1. The van der Waals surface area contributed by atoms with E-state index in [4.69, 9.17) is 5.11 Å². The first-order chi connectivity index (χ1) is 10.9. The predicted octanol–water partition coefficient (Wildman–Crippen LogP) is 3.01. The van der Waals surface area contributed by atoms with Crippen molar-refractivity contribution in [1.82, 2.24) is 10.3 Å². The lowest BCUT2D eigenvalue weighted by atomic mass is 10.0. The number of carbonyl (C=O) groups excluding carboxylic acids is 1. The number of nitrogens with zero attached hydrogens (tertiary/aromatic N) is 1. The molecule has 0 aliphatic heterocycles. The molecule has 1 aromatic carbocycles. The standard InChI is InChI=1S/C18H20N2O3/c1-10-3-6-15-13(7-10)14(9-16(20-15)12-4-5-12)18(23)19-11(2)8-17(21)22/h3,6-7,9,11-12H,4-5,8H2,1-2H3,(H,19,23)(H,21,22). The smallest absolute Gasteiger partial charge is 0.305 e. The number of aliphatic carboxylic acids is 1. The lowest BCUT2D eigenvalue weighted by Crippen LogP contribution is -2.34. The van der Waals surface area contributed by atoms with Gasteiger partial charge in [0.25, 0.3) is 5.91 Å². The molecule has 0 saturated heterocycles. The molecule has 5 nitrogen and oxygen atoms in total. The minimum absolute atomic E-state index is 0.0940. The third-order valence-corrected chi connectivity index (χ3v) is 4.08. The Morgan fingerprint density at radius 1 is 1.35 bits per heavy atom. The SMILES string of the molecule is Cc1ccc2nc(C3CC3)cc(C(=O)NC(C)CC(=O)O)c2c1. The summed E-state index contributed by atoms with van der Waals surface area (Å²) in [5, 5.41) is 12.4. The Morgan fingerprint density at radius 3 is 2.74 bits per heavy atom. The summed E-state index contributed by atoms with van der Waals surface area (Å²) in [6.07, 6.45) is 2.13. The van der Waals surface area contributed by atoms with Gasteiger partial charge in [-0.05, 0) is 44.9 Å². The van der Waals surface area contributed by atoms with Crippen LogP contribution in [0.3, 0.4) is 0 Å². The lowest BCUT2D eigenvalue weighted by molar-refractivity contribution is -0.137. The zero-order valence-corrected chi connectivity index (χ0v) is 13.3. The van der Waals surface area contributed by atoms with Crippen molar-refractivity contribution in [3.8, 4) is 0 Å². The molecule has 0 bridgehead atoms. The molecule has 1 atom stereocenters. The fourth-order valence-corrected chi connectivity index (χ4v) is 2.75. The van der Waals surface area contributed by atoms with E-state index >= 15 is 0 Å². The molecule has 1 saturated carbocycles. The van der Waals surface area contributed by atoms with Crippen molar-refractivity contribution in [2.75, 3.05) is 0 Å². The number of hydrogen-bond donors (Lipinski definition) is 2. The largest absolute Gasteiger partial charge is 0.481 e. The number of carboxylic acids is 1. The van der Waals surface area contributed by atoms with Crippen LogP contribution >= 0.6 is 0 Å². The van der Waals surface area contributed by atoms with E-state index in [-0.39, 0.29) is 12.3 Å². The Kier molecular flexibility index (Phi) is 4.03. The Hall–Kier alpha value is -2.43. The zero-order chi connectivity index (χ0) is 16.6. The molecular weight excluding hydrogens is 292 g/mol. The second-order valence-corrected chi connectivity index (χ2v) is 6.36. The summed E-state index contributed by atoms with van der Waals surface area (Å²) in [5.74, 6) is -0.714. The van der Waals surface area contributed by atoms with Crippen LogP contribution in [0.15, 0.2) is 24.3 Å². The molecule has 1 amide bonds. The molecule has 1 aromatic heterocycles. The third-order valence-electron chi connectivity index (χ3n) is 4.08. The fraction of sp³-hybridized carbons (Fsp3) is 0.389. The molecule has 5 heteroatoms. The molecule has 1 fully saturated rings. The van der Waals surface area contributed by atoms with Gasteiger partial charge in [0.1, 0.15) is 0 Å². The predicted molar refractivity (Wildman–Crippen MR) is 87.6 cm³/mol. The van der Waals surface area contributed by atoms with Gasteiger partial charge in [0.2, 0.25) is 0 Å². The highest BCUT2D eigenvalue weighted by atomic mass is 16.4. The molecular formula is C18H20N2O3. The average Bonchev–Trinajstić information content (AvgIpc) is 3.29. The minimum atomic E-state index is -0.924. The van der Waals surface area contributed by atoms with Crippen LogP contribution in [0.5, 0.6) is 0 Å². The molecule has 2 N–H and O–H groups in total. The Labute approximate surface area is 134 Å². The van der Waals surface area contributed by atoms with Crippen LogP contribution in [0.1, 0.15) is 53.7 Å². The number of carboxylic acid groups (broad SMARTS) is 1. The molecule has 1 unspecified atom stereocenters. The number of amides is 1. The maximum Gasteiger partial charge on any atom is 0.305 e. The maximum atomic E-state index is 12.6. The number of fused-ring (bicyclic) bond motifs is 1. The molecule has 23 heavy (non-hydrogen) atoms. The van der Waals surface area contributed by atoms with Crippen LogP contribution in [-0.2, 0) is 4.79 Å². The Morgan fingerprint density at radius 2 is 2.09 bits per heavy atom. The van der Waals surface area contributed by atoms with Gasteiger partial charge in [0.05, 0.1) is 17.5 Å². The third kappa shape index (κ3) is 3.50. The number of nitrogens with one attached hydrogen (secondary N) is 1. The topological polar surface area (TPSA) is 79.3 Å². The monoisotopic (exact) mass is 312 g/mol. The average molecular weight is 312 g/mol. The molecule has 1 aliphatic rings. The Balaban J connectivity index is 1.98. The second-order valence-electron chi connectivity index (χ2n) is 6.36. The van der Waals surface area contributed by atoms with E-state index in [0.29, 0.717) is 11.5 Å². The highest BCUT2D eigenvalue weighted by molar-refractivity contribution is 6.06. The first kappa shape index (κ1) is 15.5. The first-order valence-corrected chi connectivity index (χ1v) is 7.88. The summed E-state index contributed by atoms with van der Waals surface area (Å²) in [6.45, 7) is 3.67. The maximum absolute atomic E-state index is 12.6. The van der Waals surface area contributed by atoms with Gasteiger partial charge < -0.3 is 10.4 Å². The van der Waals surface area contributed by atoms with Gasteiger partial charge in [-0.15, -0.1) is 0 Å². The zero-order valence-electron chi connectivity index (χ0n) is 13.3. The van der Waals surface area contributed by atoms with Gasteiger partial charge >= 0.3 is 5.97 Å². The fourth-order valence-electron chi connectivity index (χ4n) is 2.75. The van der Waals surface area contributed by atoms with Crippen LogP contribution in [0.4, 0.5) is 0 Å². The second kappa shape index (κ2) is 5.99. The van der Waals surface area contributed by atoms with Crippen LogP contribution in [-0.4, -0.2) is 28.0 Å². The van der Waals surface area contributed by atoms with Crippen LogP contribution in [0.2, 0.25) is 0 Å². The summed E-state index contributed by atoms with van der Waals surface area (Å²) in [6, 6.07) is 7.32. The number of benzene rings is 1. The van der Waals surface area contributed by atoms with Crippen LogP contribution in [0.25, 0.3) is 10.9 Å². The number of carbonyl (C=O) groups is 2. The van der Waals surface area contributed by atoms with Gasteiger partial charge in [-0.3, -0.25) is 14.6 Å². The van der Waals surface area contributed by atoms with Crippen molar-refractivity contribution in [3.63, 3.8) is 0 Å². The number of aromatic nitrogens is 1. The highest BCUT2D eigenvalue weighted by Crippen LogP contribution is 2.40. The molecule has 120 valence electrons. The van der Waals surface area contributed by atoms with E-state index < -0.39 is 12.0 Å². The van der Waals surface area contributed by atoms with E-state index in [1.54, 1.807) is 6.92 Å². The van der Waals surface area contributed by atoms with E-state index in [1.807, 2.05) is 31.2 Å². The van der Waals surface area contributed by atoms with Crippen molar-refractivity contribution in [2.24, 2.45) is 0 Å². The van der Waals surface area contributed by atoms with Gasteiger partial charge in [-0.2, -0.15) is 0 Å². The van der Waals surface area contributed by atoms with E-state index in [2.05, 4.69) is 10.3 Å². The summed E-state index contributed by atoms with van der Waals surface area (Å²) in [5.41, 5.74) is 3.41. The van der Waals surface area contributed by atoms with Crippen LogP contribution < -0.4 is 5.32 Å². The van der Waals surface area contributed by atoms with Crippen molar-refractivity contribution in [1.29, 1.82) is 0 Å². The molecule has 1 heterocycles. The number of pyridine rings is 1. The van der Waals surface area contributed by atoms with Crippen molar-refractivity contribution < 1.29 is 14.7 Å². The Bertz CT molecular complexity index is 781. The van der Waals surface area contributed by atoms with E-state index in [1.165, 1.54) is 0 Å². The van der Waals surface area contributed by atoms with Gasteiger partial charge in [0.15, 0.2) is 0 Å².